The summed E-state index contributed by atoms with van der Waals surface area (Å²) in [7, 11) is 0. The Kier molecular flexibility index (Phi) is 9.55. The third kappa shape index (κ3) is 7.14. The van der Waals surface area contributed by atoms with Crippen LogP contribution in [0, 0.1) is 0 Å². The highest BCUT2D eigenvalue weighted by Gasteiger charge is 2.17. The van der Waals surface area contributed by atoms with Crippen molar-refractivity contribution in [1.82, 2.24) is 9.97 Å². The predicted molar refractivity (Wildman–Crippen MR) is 235 cm³/mol. The average Bonchev–Trinajstić information content (AvgIpc) is 3.36. The van der Waals surface area contributed by atoms with Gasteiger partial charge in [0.2, 0.25) is 0 Å². The van der Waals surface area contributed by atoms with Crippen LogP contribution in [0.3, 0.4) is 0 Å². The Morgan fingerprint density at radius 1 is 0.411 bits per heavy atom. The van der Waals surface area contributed by atoms with E-state index in [1.54, 1.807) is 0 Å². The van der Waals surface area contributed by atoms with Crippen LogP contribution in [0.2, 0.25) is 0 Å². The van der Waals surface area contributed by atoms with Crippen molar-refractivity contribution in [2.24, 2.45) is 0 Å². The Morgan fingerprint density at radius 2 is 0.929 bits per heavy atom. The van der Waals surface area contributed by atoms with Gasteiger partial charge in [-0.3, -0.25) is 0 Å². The van der Waals surface area contributed by atoms with Crippen LogP contribution in [0.5, 0.6) is 0 Å². The minimum atomic E-state index is 0.696. The molecule has 0 bridgehead atoms. The van der Waals surface area contributed by atoms with Crippen LogP contribution in [-0.2, 0) is 0 Å². The van der Waals surface area contributed by atoms with Crippen LogP contribution >= 0.6 is 0 Å². The van der Waals surface area contributed by atoms with Crippen LogP contribution in [0.25, 0.3) is 72.9 Å². The molecule has 0 radical (unpaired) electrons. The zero-order chi connectivity index (χ0) is 37.7. The minimum absolute atomic E-state index is 0.696. The van der Waals surface area contributed by atoms with Crippen molar-refractivity contribution >= 4 is 16.9 Å². The van der Waals surface area contributed by atoms with Crippen LogP contribution in [-0.4, -0.2) is 16.5 Å². The van der Waals surface area contributed by atoms with E-state index in [1.807, 2.05) is 12.1 Å². The molecule has 0 saturated heterocycles. The highest BCUT2D eigenvalue weighted by Crippen LogP contribution is 2.38. The van der Waals surface area contributed by atoms with E-state index < -0.39 is 0 Å². The summed E-state index contributed by atoms with van der Waals surface area (Å²) in [4.78, 5) is 12.7. The molecule has 0 N–H and O–H groups in total. The van der Waals surface area contributed by atoms with Gasteiger partial charge in [-0.05, 0) is 75.4 Å². The van der Waals surface area contributed by atoms with Crippen molar-refractivity contribution < 1.29 is 0 Å². The molecule has 3 nitrogen and oxygen atoms in total. The number of hydrogen-bond donors (Lipinski definition) is 0. The van der Waals surface area contributed by atoms with Crippen molar-refractivity contribution in [2.75, 3.05) is 11.4 Å². The lowest BCUT2D eigenvalue weighted by molar-refractivity contribution is 1.09. The first-order chi connectivity index (χ1) is 27.7. The smallest absolute Gasteiger partial charge is 0.161 e. The molecule has 0 amide bonds. The molecule has 0 unspecified atom stereocenters. The van der Waals surface area contributed by atoms with Gasteiger partial charge in [0.1, 0.15) is 0 Å². The van der Waals surface area contributed by atoms with Gasteiger partial charge < -0.3 is 4.90 Å². The molecule has 2 heterocycles. The average molecular weight is 718 g/mol. The van der Waals surface area contributed by atoms with Gasteiger partial charge in [0.25, 0.3) is 0 Å². The van der Waals surface area contributed by atoms with Crippen molar-refractivity contribution in [3.63, 3.8) is 0 Å². The Hall–Kier alpha value is -7.36. The summed E-state index contributed by atoms with van der Waals surface area (Å²) < 4.78 is 0. The first kappa shape index (κ1) is 34.4. The third-order valence-corrected chi connectivity index (χ3v) is 10.3. The summed E-state index contributed by atoms with van der Waals surface area (Å²) in [5, 5.41) is 0. The minimum Gasteiger partial charge on any atom is -0.337 e. The van der Waals surface area contributed by atoms with Gasteiger partial charge >= 0.3 is 0 Å². The number of nitrogens with zero attached hydrogens (tertiary/aromatic N) is 3. The van der Waals surface area contributed by atoms with Crippen molar-refractivity contribution in [1.29, 1.82) is 0 Å². The van der Waals surface area contributed by atoms with E-state index in [2.05, 4.69) is 212 Å². The number of para-hydroxylation sites is 1. The summed E-state index contributed by atoms with van der Waals surface area (Å²) in [6.45, 7) is 5.09. The first-order valence-corrected chi connectivity index (χ1v) is 19.0. The molecule has 266 valence electrons. The van der Waals surface area contributed by atoms with E-state index >= 15 is 0 Å². The maximum absolute atomic E-state index is 5.17. The molecule has 0 atom stereocenters. The summed E-state index contributed by atoms with van der Waals surface area (Å²) in [6, 6.07) is 66.1. The Labute approximate surface area is 329 Å². The predicted octanol–water partition coefficient (Wildman–Crippen LogP) is 13.8. The Balaban J connectivity index is 1.05. The number of aromatic nitrogens is 2. The Bertz CT molecular complexity index is 2640. The summed E-state index contributed by atoms with van der Waals surface area (Å²) >= 11 is 0. The quantitative estimate of drug-likeness (QED) is 0.164. The third-order valence-electron chi connectivity index (χ3n) is 10.3. The molecule has 8 aromatic rings. The van der Waals surface area contributed by atoms with Crippen LogP contribution in [0.1, 0.15) is 5.56 Å². The van der Waals surface area contributed by atoms with Crippen LogP contribution < -0.4 is 4.90 Å². The molecular formula is C53H39N3. The summed E-state index contributed by atoms with van der Waals surface area (Å²) in [5.74, 6) is 0.696. The molecular weight excluding hydrogens is 679 g/mol. The number of benzene rings is 7. The van der Waals surface area contributed by atoms with E-state index in [0.717, 1.165) is 79.4 Å². The lowest BCUT2D eigenvalue weighted by Gasteiger charge is -2.26. The van der Waals surface area contributed by atoms with E-state index in [4.69, 9.17) is 9.97 Å². The number of allylic oxidation sites excluding steroid dienone is 4. The standard InChI is InChI=1S/C53H39N3/c1-38-16-6-5-15-35-56(52-24-14-13-23-47(38)52)46-32-29-40(30-33-46)39-25-27-41(28-26-39)45-31-34-48(49(36-45)42-17-7-2-8-18-42)53-54-50(43-19-9-3-10-20-43)37-51(55-53)44-21-11-4-12-22-44/h2-34,36-37H,1,35H2/b15-5-,16-6-. The van der Waals surface area contributed by atoms with Gasteiger partial charge in [0.05, 0.1) is 11.4 Å². The fourth-order valence-corrected chi connectivity index (χ4v) is 7.38. The van der Waals surface area contributed by atoms with Gasteiger partial charge in [-0.2, -0.15) is 0 Å². The fourth-order valence-electron chi connectivity index (χ4n) is 7.38. The highest BCUT2D eigenvalue weighted by atomic mass is 15.1. The van der Waals surface area contributed by atoms with Gasteiger partial charge in [-0.1, -0.05) is 183 Å². The SMILES string of the molecule is C=C1/C=C\C=C/CN(c2ccc(-c3ccc(-c4ccc(-c5nc(-c6ccccc6)cc(-c6ccccc6)n5)c(-c5ccccc5)c4)cc3)cc2)c2ccccc21. The van der Waals surface area contributed by atoms with Crippen molar-refractivity contribution in [3.05, 3.63) is 225 Å². The molecule has 7 aromatic carbocycles. The monoisotopic (exact) mass is 717 g/mol. The van der Waals surface area contributed by atoms with Gasteiger partial charge in [0.15, 0.2) is 5.82 Å². The zero-order valence-electron chi connectivity index (χ0n) is 31.0. The zero-order valence-corrected chi connectivity index (χ0v) is 31.0. The van der Waals surface area contributed by atoms with Gasteiger partial charge in [0, 0.05) is 40.2 Å². The molecule has 3 heteroatoms. The van der Waals surface area contributed by atoms with Crippen LogP contribution in [0.4, 0.5) is 11.4 Å². The van der Waals surface area contributed by atoms with Crippen molar-refractivity contribution in [3.8, 4) is 67.3 Å². The first-order valence-electron chi connectivity index (χ1n) is 19.0. The number of fused-ring (bicyclic) bond motifs is 1. The van der Waals surface area contributed by atoms with Gasteiger partial charge in [-0.15, -0.1) is 0 Å². The van der Waals surface area contributed by atoms with Gasteiger partial charge in [-0.25, -0.2) is 9.97 Å². The van der Waals surface area contributed by atoms with E-state index in [1.165, 1.54) is 11.1 Å². The molecule has 56 heavy (non-hydrogen) atoms. The number of rotatable bonds is 7. The molecule has 0 aliphatic carbocycles. The molecule has 1 aliphatic heterocycles. The topological polar surface area (TPSA) is 29.0 Å². The number of hydrogen-bond acceptors (Lipinski definition) is 3. The summed E-state index contributed by atoms with van der Waals surface area (Å²) in [5.41, 5.74) is 16.1. The van der Waals surface area contributed by atoms with Crippen molar-refractivity contribution in [2.45, 2.75) is 0 Å². The molecule has 9 rings (SSSR count). The number of anilines is 2. The molecule has 0 spiro atoms. The molecule has 0 fully saturated rings. The highest BCUT2D eigenvalue weighted by molar-refractivity contribution is 5.87. The molecule has 1 aromatic heterocycles. The maximum atomic E-state index is 5.17. The molecule has 0 saturated carbocycles. The van der Waals surface area contributed by atoms with E-state index in [9.17, 15) is 0 Å². The lowest BCUT2D eigenvalue weighted by atomic mass is 9.93. The normalized spacial score (nSPS) is 13.6. The second-order valence-corrected chi connectivity index (χ2v) is 13.9. The largest absolute Gasteiger partial charge is 0.337 e. The van der Waals surface area contributed by atoms with Crippen LogP contribution in [0.15, 0.2) is 219 Å². The second kappa shape index (κ2) is 15.5. The Morgan fingerprint density at radius 3 is 1.55 bits per heavy atom. The lowest BCUT2D eigenvalue weighted by Crippen LogP contribution is -2.18. The van der Waals surface area contributed by atoms with E-state index in [0.29, 0.717) is 5.82 Å². The maximum Gasteiger partial charge on any atom is 0.161 e. The summed E-state index contributed by atoms with van der Waals surface area (Å²) in [6.07, 6.45) is 8.41. The molecule has 1 aliphatic rings. The van der Waals surface area contributed by atoms with E-state index in [-0.39, 0.29) is 0 Å². The second-order valence-electron chi connectivity index (χ2n) is 13.9. The fraction of sp³-hybridized carbons (Fsp3) is 0.0189.